The van der Waals surface area contributed by atoms with Gasteiger partial charge in [-0.15, -0.1) is 0 Å². The van der Waals surface area contributed by atoms with Gasteiger partial charge < -0.3 is 5.11 Å². The molecule has 1 N–H and O–H groups in total. The molecule has 0 aliphatic heterocycles. The second kappa shape index (κ2) is 6.80. The molecule has 3 heteroatoms. The SMILES string of the molecule is CCC(=CCN(C)C1CCC(C)CC1)C(=O)O. The Bertz CT molecular complexity index is 278. The first-order valence-electron chi connectivity index (χ1n) is 6.67. The van der Waals surface area contributed by atoms with Crippen molar-refractivity contribution in [1.29, 1.82) is 0 Å². The minimum atomic E-state index is -0.779. The fourth-order valence-corrected chi connectivity index (χ4v) is 2.47. The highest BCUT2D eigenvalue weighted by Crippen LogP contribution is 2.26. The molecule has 0 aromatic carbocycles. The summed E-state index contributed by atoms with van der Waals surface area (Å²) in [6.07, 6.45) is 7.57. The van der Waals surface area contributed by atoms with Crippen molar-refractivity contribution in [2.24, 2.45) is 5.92 Å². The number of hydrogen-bond donors (Lipinski definition) is 1. The average Bonchev–Trinajstić information content (AvgIpc) is 2.30. The van der Waals surface area contributed by atoms with Crippen molar-refractivity contribution in [3.05, 3.63) is 11.6 Å². The van der Waals surface area contributed by atoms with E-state index in [1.54, 1.807) is 0 Å². The van der Waals surface area contributed by atoms with Crippen LogP contribution in [0, 0.1) is 5.92 Å². The van der Waals surface area contributed by atoms with E-state index in [9.17, 15) is 4.79 Å². The largest absolute Gasteiger partial charge is 0.478 e. The van der Waals surface area contributed by atoms with Gasteiger partial charge in [-0.3, -0.25) is 4.90 Å². The molecule has 1 fully saturated rings. The topological polar surface area (TPSA) is 40.5 Å². The molecule has 1 aliphatic carbocycles. The Kier molecular flexibility index (Phi) is 5.69. The van der Waals surface area contributed by atoms with Gasteiger partial charge in [-0.05, 0) is 45.1 Å². The van der Waals surface area contributed by atoms with Crippen molar-refractivity contribution in [3.8, 4) is 0 Å². The highest BCUT2D eigenvalue weighted by atomic mass is 16.4. The lowest BCUT2D eigenvalue weighted by Crippen LogP contribution is -2.35. The number of aliphatic carboxylic acids is 1. The summed E-state index contributed by atoms with van der Waals surface area (Å²) >= 11 is 0. The third-order valence-corrected chi connectivity index (χ3v) is 3.89. The smallest absolute Gasteiger partial charge is 0.331 e. The van der Waals surface area contributed by atoms with Gasteiger partial charge in [0.25, 0.3) is 0 Å². The molecule has 0 saturated heterocycles. The van der Waals surface area contributed by atoms with Crippen molar-refractivity contribution >= 4 is 5.97 Å². The Labute approximate surface area is 105 Å². The third kappa shape index (κ3) is 4.50. The quantitative estimate of drug-likeness (QED) is 0.750. The first kappa shape index (κ1) is 14.2. The van der Waals surface area contributed by atoms with Crippen LogP contribution in [-0.4, -0.2) is 35.6 Å². The molecule has 0 spiro atoms. The van der Waals surface area contributed by atoms with Crippen LogP contribution in [0.15, 0.2) is 11.6 Å². The first-order chi connectivity index (χ1) is 8.04. The van der Waals surface area contributed by atoms with Crippen molar-refractivity contribution < 1.29 is 9.90 Å². The zero-order valence-corrected chi connectivity index (χ0v) is 11.3. The predicted octanol–water partition coefficient (Wildman–Crippen LogP) is 2.92. The molecule has 1 aliphatic rings. The summed E-state index contributed by atoms with van der Waals surface area (Å²) in [5.41, 5.74) is 0.529. The minimum Gasteiger partial charge on any atom is -0.478 e. The van der Waals surface area contributed by atoms with Gasteiger partial charge in [0.15, 0.2) is 0 Å². The van der Waals surface area contributed by atoms with Gasteiger partial charge in [-0.2, -0.15) is 0 Å². The molecule has 0 radical (unpaired) electrons. The van der Waals surface area contributed by atoms with Crippen LogP contribution < -0.4 is 0 Å². The summed E-state index contributed by atoms with van der Waals surface area (Å²) in [5, 5.41) is 8.94. The molecule has 0 aromatic rings. The van der Waals surface area contributed by atoms with Crippen LogP contribution in [-0.2, 0) is 4.79 Å². The molecule has 0 unspecified atom stereocenters. The summed E-state index contributed by atoms with van der Waals surface area (Å²) in [6, 6.07) is 0.634. The number of rotatable bonds is 5. The van der Waals surface area contributed by atoms with Crippen LogP contribution in [0.4, 0.5) is 0 Å². The molecule has 0 bridgehead atoms. The van der Waals surface area contributed by atoms with Gasteiger partial charge in [-0.25, -0.2) is 4.79 Å². The molecule has 17 heavy (non-hydrogen) atoms. The highest BCUT2D eigenvalue weighted by molar-refractivity contribution is 5.86. The first-order valence-corrected chi connectivity index (χ1v) is 6.67. The van der Waals surface area contributed by atoms with E-state index >= 15 is 0 Å². The monoisotopic (exact) mass is 239 g/mol. The van der Waals surface area contributed by atoms with Crippen LogP contribution in [0.3, 0.4) is 0 Å². The molecule has 1 saturated carbocycles. The van der Waals surface area contributed by atoms with Gasteiger partial charge in [0.05, 0.1) is 0 Å². The summed E-state index contributed by atoms with van der Waals surface area (Å²) < 4.78 is 0. The van der Waals surface area contributed by atoms with E-state index in [4.69, 9.17) is 5.11 Å². The van der Waals surface area contributed by atoms with Crippen LogP contribution >= 0.6 is 0 Å². The lowest BCUT2D eigenvalue weighted by atomic mass is 9.87. The molecule has 0 aromatic heterocycles. The summed E-state index contributed by atoms with van der Waals surface area (Å²) in [4.78, 5) is 13.2. The molecular weight excluding hydrogens is 214 g/mol. The van der Waals surface area contributed by atoms with Gasteiger partial charge in [0.1, 0.15) is 0 Å². The fraction of sp³-hybridized carbons (Fsp3) is 0.786. The van der Waals surface area contributed by atoms with E-state index in [2.05, 4.69) is 18.9 Å². The fourth-order valence-electron chi connectivity index (χ4n) is 2.47. The van der Waals surface area contributed by atoms with Gasteiger partial charge in [0.2, 0.25) is 0 Å². The molecular formula is C14H25NO2. The van der Waals surface area contributed by atoms with E-state index in [0.717, 1.165) is 12.5 Å². The van der Waals surface area contributed by atoms with Gasteiger partial charge in [0, 0.05) is 18.2 Å². The van der Waals surface area contributed by atoms with Crippen molar-refractivity contribution in [2.75, 3.05) is 13.6 Å². The van der Waals surface area contributed by atoms with E-state index in [1.165, 1.54) is 25.7 Å². The highest BCUT2D eigenvalue weighted by Gasteiger charge is 2.21. The maximum absolute atomic E-state index is 10.9. The third-order valence-electron chi connectivity index (χ3n) is 3.89. The Morgan fingerprint density at radius 2 is 1.94 bits per heavy atom. The van der Waals surface area contributed by atoms with Gasteiger partial charge in [-0.1, -0.05) is 19.9 Å². The van der Waals surface area contributed by atoms with Crippen LogP contribution in [0.5, 0.6) is 0 Å². The Morgan fingerprint density at radius 3 is 2.41 bits per heavy atom. The number of carbonyl (C=O) groups is 1. The van der Waals surface area contributed by atoms with E-state index < -0.39 is 5.97 Å². The maximum atomic E-state index is 10.9. The van der Waals surface area contributed by atoms with Crippen LogP contribution in [0.1, 0.15) is 46.0 Å². The zero-order chi connectivity index (χ0) is 12.8. The van der Waals surface area contributed by atoms with Crippen molar-refractivity contribution in [3.63, 3.8) is 0 Å². The predicted molar refractivity (Wildman–Crippen MR) is 70.1 cm³/mol. The number of hydrogen-bond acceptors (Lipinski definition) is 2. The van der Waals surface area contributed by atoms with E-state index in [1.807, 2.05) is 13.0 Å². The van der Waals surface area contributed by atoms with E-state index in [-0.39, 0.29) is 0 Å². The second-order valence-electron chi connectivity index (χ2n) is 5.24. The lowest BCUT2D eigenvalue weighted by molar-refractivity contribution is -0.132. The Hall–Kier alpha value is -0.830. The minimum absolute atomic E-state index is 0.529. The van der Waals surface area contributed by atoms with Crippen LogP contribution in [0.25, 0.3) is 0 Å². The molecule has 0 amide bonds. The number of carboxylic acid groups (broad SMARTS) is 1. The van der Waals surface area contributed by atoms with Crippen molar-refractivity contribution in [2.45, 2.75) is 52.0 Å². The number of carboxylic acids is 1. The second-order valence-corrected chi connectivity index (χ2v) is 5.24. The van der Waals surface area contributed by atoms with E-state index in [0.29, 0.717) is 18.0 Å². The molecule has 98 valence electrons. The number of likely N-dealkylation sites (N-methyl/N-ethyl adjacent to an activating group) is 1. The molecule has 0 heterocycles. The maximum Gasteiger partial charge on any atom is 0.331 e. The standard InChI is InChI=1S/C14H25NO2/c1-4-12(14(16)17)9-10-15(3)13-7-5-11(2)6-8-13/h9,11,13H,4-8,10H2,1-3H3,(H,16,17). The zero-order valence-electron chi connectivity index (χ0n) is 11.3. The van der Waals surface area contributed by atoms with Crippen molar-refractivity contribution in [1.82, 2.24) is 4.90 Å². The van der Waals surface area contributed by atoms with Gasteiger partial charge >= 0.3 is 5.97 Å². The normalized spacial score (nSPS) is 26.2. The molecule has 3 nitrogen and oxygen atoms in total. The Morgan fingerprint density at radius 1 is 1.35 bits per heavy atom. The number of nitrogens with zero attached hydrogens (tertiary/aromatic N) is 1. The Balaban J connectivity index is 2.43. The molecule has 0 atom stereocenters. The van der Waals surface area contributed by atoms with Crippen LogP contribution in [0.2, 0.25) is 0 Å². The lowest BCUT2D eigenvalue weighted by Gasteiger charge is -2.33. The summed E-state index contributed by atoms with van der Waals surface area (Å²) in [6.45, 7) is 4.96. The summed E-state index contributed by atoms with van der Waals surface area (Å²) in [7, 11) is 2.10. The summed E-state index contributed by atoms with van der Waals surface area (Å²) in [5.74, 6) is 0.0820. The average molecular weight is 239 g/mol. The molecule has 1 rings (SSSR count).